The van der Waals surface area contributed by atoms with Crippen molar-refractivity contribution in [2.24, 2.45) is 0 Å². The van der Waals surface area contributed by atoms with Crippen LogP contribution in [0.3, 0.4) is 0 Å². The van der Waals surface area contributed by atoms with E-state index in [9.17, 15) is 13.6 Å². The molecule has 2 aromatic carbocycles. The Morgan fingerprint density at radius 3 is 2.45 bits per heavy atom. The molecule has 0 radical (unpaired) electrons. The highest BCUT2D eigenvalue weighted by Crippen LogP contribution is 2.10. The normalized spacial score (nSPS) is 13.5. The Labute approximate surface area is 128 Å². The lowest BCUT2D eigenvalue weighted by Gasteiger charge is -2.21. The predicted octanol–water partition coefficient (Wildman–Crippen LogP) is 2.18. The van der Waals surface area contributed by atoms with Gasteiger partial charge in [-0.2, -0.15) is 0 Å². The lowest BCUT2D eigenvalue weighted by Crippen LogP contribution is -3.10. The number of hydrogen-bond acceptors (Lipinski definition) is 1. The fourth-order valence-corrected chi connectivity index (χ4v) is 2.21. The van der Waals surface area contributed by atoms with E-state index in [2.05, 4.69) is 5.32 Å². The van der Waals surface area contributed by atoms with Crippen molar-refractivity contribution in [1.82, 2.24) is 0 Å². The van der Waals surface area contributed by atoms with Gasteiger partial charge in [0.25, 0.3) is 5.91 Å². The van der Waals surface area contributed by atoms with Gasteiger partial charge in [-0.3, -0.25) is 4.79 Å². The number of amides is 1. The molecule has 22 heavy (non-hydrogen) atoms. The zero-order valence-electron chi connectivity index (χ0n) is 12.6. The van der Waals surface area contributed by atoms with Crippen LogP contribution >= 0.6 is 0 Å². The maximum absolute atomic E-state index is 13.1. The van der Waals surface area contributed by atoms with E-state index in [0.29, 0.717) is 5.69 Å². The number of rotatable bonds is 5. The summed E-state index contributed by atoms with van der Waals surface area (Å²) in [5, 5.41) is 2.67. The highest BCUT2D eigenvalue weighted by Gasteiger charge is 2.18. The van der Waals surface area contributed by atoms with Crippen molar-refractivity contribution in [3.05, 3.63) is 65.7 Å². The number of benzene rings is 2. The molecule has 0 aromatic heterocycles. The van der Waals surface area contributed by atoms with Gasteiger partial charge in [-0.1, -0.05) is 18.2 Å². The van der Waals surface area contributed by atoms with Crippen molar-refractivity contribution in [3.63, 3.8) is 0 Å². The molecule has 0 heterocycles. The van der Waals surface area contributed by atoms with Crippen molar-refractivity contribution in [2.75, 3.05) is 18.9 Å². The Kier molecular flexibility index (Phi) is 5.22. The second-order valence-corrected chi connectivity index (χ2v) is 5.35. The molecule has 0 aliphatic rings. The quantitative estimate of drug-likeness (QED) is 0.872. The molecule has 0 spiro atoms. The molecule has 3 nitrogen and oxygen atoms in total. The first-order valence-electron chi connectivity index (χ1n) is 7.09. The third-order valence-corrected chi connectivity index (χ3v) is 3.66. The maximum Gasteiger partial charge on any atom is 0.279 e. The highest BCUT2D eigenvalue weighted by molar-refractivity contribution is 5.91. The molecule has 0 saturated carbocycles. The molecule has 1 unspecified atom stereocenters. The van der Waals surface area contributed by atoms with Gasteiger partial charge in [0.05, 0.1) is 7.05 Å². The molecule has 2 aromatic rings. The minimum atomic E-state index is -0.391. The first-order chi connectivity index (χ1) is 10.5. The van der Waals surface area contributed by atoms with E-state index in [-0.39, 0.29) is 24.3 Å². The van der Waals surface area contributed by atoms with E-state index < -0.39 is 5.82 Å². The second kappa shape index (κ2) is 7.13. The van der Waals surface area contributed by atoms with Gasteiger partial charge in [0.1, 0.15) is 17.7 Å². The number of carbonyl (C=O) groups is 1. The average Bonchev–Trinajstić information content (AvgIpc) is 2.47. The summed E-state index contributed by atoms with van der Waals surface area (Å²) in [5.41, 5.74) is 1.39. The second-order valence-electron chi connectivity index (χ2n) is 5.35. The number of anilines is 1. The van der Waals surface area contributed by atoms with Crippen LogP contribution in [0.2, 0.25) is 0 Å². The van der Waals surface area contributed by atoms with Gasteiger partial charge in [-0.15, -0.1) is 0 Å². The van der Waals surface area contributed by atoms with Gasteiger partial charge < -0.3 is 10.2 Å². The Hall–Kier alpha value is -2.27. The number of carbonyl (C=O) groups excluding carboxylic acids is 1. The number of likely N-dealkylation sites (N-methyl/N-ethyl adjacent to an activating group) is 1. The molecule has 0 bridgehead atoms. The van der Waals surface area contributed by atoms with E-state index in [4.69, 9.17) is 0 Å². The van der Waals surface area contributed by atoms with Crippen molar-refractivity contribution in [3.8, 4) is 0 Å². The summed E-state index contributed by atoms with van der Waals surface area (Å²) in [7, 11) is 1.89. The molecular formula is C17H19F2N2O+. The molecule has 1 amide bonds. The summed E-state index contributed by atoms with van der Waals surface area (Å²) in [4.78, 5) is 13.0. The number of hydrogen-bond donors (Lipinski definition) is 2. The standard InChI is InChI=1S/C17H18F2N2O/c1-12(13-6-8-14(18)9-7-13)21(2)11-17(22)20-16-5-3-4-15(19)10-16/h3-10,12H,11H2,1-2H3,(H,20,22)/p+1/t12-/m1/s1. The Bertz CT molecular complexity index is 643. The molecule has 0 aliphatic carbocycles. The number of halogens is 2. The Morgan fingerprint density at radius 1 is 1.14 bits per heavy atom. The zero-order chi connectivity index (χ0) is 16.1. The van der Waals surface area contributed by atoms with Crippen LogP contribution in [-0.4, -0.2) is 19.5 Å². The molecule has 2 rings (SSSR count). The molecule has 0 saturated heterocycles. The van der Waals surface area contributed by atoms with Gasteiger partial charge in [0, 0.05) is 11.3 Å². The predicted molar refractivity (Wildman–Crippen MR) is 81.6 cm³/mol. The van der Waals surface area contributed by atoms with Crippen LogP contribution < -0.4 is 10.2 Å². The first kappa shape index (κ1) is 16.1. The lowest BCUT2D eigenvalue weighted by atomic mass is 10.1. The van der Waals surface area contributed by atoms with Crippen LogP contribution in [-0.2, 0) is 4.79 Å². The summed E-state index contributed by atoms with van der Waals surface area (Å²) in [6.45, 7) is 2.20. The first-order valence-corrected chi connectivity index (χ1v) is 7.09. The average molecular weight is 305 g/mol. The number of quaternary nitrogens is 1. The monoisotopic (exact) mass is 305 g/mol. The smallest absolute Gasteiger partial charge is 0.279 e. The van der Waals surface area contributed by atoms with Crippen molar-refractivity contribution >= 4 is 11.6 Å². The lowest BCUT2D eigenvalue weighted by molar-refractivity contribution is -0.902. The van der Waals surface area contributed by atoms with Crippen molar-refractivity contribution in [2.45, 2.75) is 13.0 Å². The fraction of sp³-hybridized carbons (Fsp3) is 0.235. The molecule has 2 N–H and O–H groups in total. The van der Waals surface area contributed by atoms with Crippen molar-refractivity contribution < 1.29 is 18.5 Å². The van der Waals surface area contributed by atoms with Crippen LogP contribution in [0.1, 0.15) is 18.5 Å². The summed E-state index contributed by atoms with van der Waals surface area (Å²) >= 11 is 0. The third-order valence-electron chi connectivity index (χ3n) is 3.66. The molecule has 0 fully saturated rings. The van der Waals surface area contributed by atoms with Crippen molar-refractivity contribution in [1.29, 1.82) is 0 Å². The molecular weight excluding hydrogens is 286 g/mol. The molecule has 0 aliphatic heterocycles. The molecule has 5 heteroatoms. The van der Waals surface area contributed by atoms with Crippen LogP contribution in [0.4, 0.5) is 14.5 Å². The SMILES string of the molecule is C[C@H](c1ccc(F)cc1)[NH+](C)CC(=O)Nc1cccc(F)c1. The van der Waals surface area contributed by atoms with Gasteiger partial charge in [0.2, 0.25) is 0 Å². The van der Waals surface area contributed by atoms with Gasteiger partial charge in [-0.25, -0.2) is 8.78 Å². The summed E-state index contributed by atoms with van der Waals surface area (Å²) < 4.78 is 26.0. The van der Waals surface area contributed by atoms with Gasteiger partial charge >= 0.3 is 0 Å². The van der Waals surface area contributed by atoms with Gasteiger partial charge in [-0.05, 0) is 37.3 Å². The molecule has 2 atom stereocenters. The largest absolute Gasteiger partial charge is 0.324 e. The summed E-state index contributed by atoms with van der Waals surface area (Å²) in [6.07, 6.45) is 0. The summed E-state index contributed by atoms with van der Waals surface area (Å²) in [6, 6.07) is 12.1. The highest BCUT2D eigenvalue weighted by atomic mass is 19.1. The minimum absolute atomic E-state index is 0.0406. The third kappa shape index (κ3) is 4.36. The topological polar surface area (TPSA) is 33.5 Å². The molecule has 116 valence electrons. The van der Waals surface area contributed by atoms with E-state index in [1.54, 1.807) is 24.3 Å². The van der Waals surface area contributed by atoms with Crippen LogP contribution in [0.25, 0.3) is 0 Å². The fourth-order valence-electron chi connectivity index (χ4n) is 2.21. The Balaban J connectivity index is 1.94. The zero-order valence-corrected chi connectivity index (χ0v) is 12.6. The van der Waals surface area contributed by atoms with E-state index in [1.165, 1.54) is 24.3 Å². The van der Waals surface area contributed by atoms with Crippen LogP contribution in [0.5, 0.6) is 0 Å². The minimum Gasteiger partial charge on any atom is -0.324 e. The Morgan fingerprint density at radius 2 is 1.82 bits per heavy atom. The van der Waals surface area contributed by atoms with Gasteiger partial charge in [0.15, 0.2) is 6.54 Å². The maximum atomic E-state index is 13.1. The summed E-state index contributed by atoms with van der Waals surface area (Å²) in [5.74, 6) is -0.868. The number of nitrogens with one attached hydrogen (secondary N) is 2. The van der Waals surface area contributed by atoms with Crippen LogP contribution in [0, 0.1) is 11.6 Å². The van der Waals surface area contributed by atoms with E-state index >= 15 is 0 Å². The van der Waals surface area contributed by atoms with E-state index in [1.807, 2.05) is 14.0 Å². The van der Waals surface area contributed by atoms with E-state index in [0.717, 1.165) is 10.5 Å². The van der Waals surface area contributed by atoms with Crippen LogP contribution in [0.15, 0.2) is 48.5 Å².